The highest BCUT2D eigenvalue weighted by Gasteiger charge is 2.18. The lowest BCUT2D eigenvalue weighted by molar-refractivity contribution is 0.117. The molecule has 1 saturated heterocycles. The van der Waals surface area contributed by atoms with Crippen molar-refractivity contribution in [1.82, 2.24) is 10.6 Å². The van der Waals surface area contributed by atoms with E-state index in [2.05, 4.69) is 10.6 Å². The highest BCUT2D eigenvalue weighted by atomic mass is 127. The second kappa shape index (κ2) is 10.2. The Balaban J connectivity index is 0.00000192. The Morgan fingerprint density at radius 1 is 1.22 bits per heavy atom. The van der Waals surface area contributed by atoms with E-state index >= 15 is 0 Å². The molecule has 1 atom stereocenters. The topological polar surface area (TPSA) is 58.8 Å². The molecular weight excluding hydrogens is 405 g/mol. The van der Waals surface area contributed by atoms with Crippen LogP contribution in [0.4, 0.5) is 0 Å². The summed E-state index contributed by atoms with van der Waals surface area (Å²) in [6.07, 6.45) is 10.3. The summed E-state index contributed by atoms with van der Waals surface area (Å²) in [5.41, 5.74) is 0. The molecule has 1 saturated carbocycles. The van der Waals surface area contributed by atoms with E-state index in [0.717, 1.165) is 50.7 Å². The van der Waals surface area contributed by atoms with Crippen molar-refractivity contribution < 1.29 is 9.15 Å². The first-order chi connectivity index (χ1) is 10.9. The zero-order valence-corrected chi connectivity index (χ0v) is 16.0. The number of halogens is 1. The molecule has 1 aliphatic heterocycles. The number of hydrogen-bond donors (Lipinski definition) is 2. The van der Waals surface area contributed by atoms with Gasteiger partial charge in [0.05, 0.1) is 18.9 Å². The van der Waals surface area contributed by atoms with Gasteiger partial charge in [-0.25, -0.2) is 0 Å². The van der Waals surface area contributed by atoms with Gasteiger partial charge in [0, 0.05) is 25.6 Å². The minimum Gasteiger partial charge on any atom is -0.469 e. The first-order valence-corrected chi connectivity index (χ1v) is 8.59. The maximum atomic E-state index is 5.66. The second-order valence-corrected chi connectivity index (χ2v) is 6.21. The molecule has 2 fully saturated rings. The van der Waals surface area contributed by atoms with Crippen LogP contribution in [0.1, 0.15) is 44.3 Å². The molecule has 1 aromatic heterocycles. The Morgan fingerprint density at radius 2 is 2.09 bits per heavy atom. The van der Waals surface area contributed by atoms with Crippen molar-refractivity contribution in [2.24, 2.45) is 4.99 Å². The van der Waals surface area contributed by atoms with E-state index in [0.29, 0.717) is 12.1 Å². The fourth-order valence-corrected chi connectivity index (χ4v) is 3.16. The van der Waals surface area contributed by atoms with Crippen LogP contribution in [0.3, 0.4) is 0 Å². The number of ether oxygens (including phenoxy) is 1. The van der Waals surface area contributed by atoms with Crippen molar-refractivity contribution in [3.63, 3.8) is 0 Å². The van der Waals surface area contributed by atoms with Crippen molar-refractivity contribution in [3.05, 3.63) is 24.2 Å². The normalized spacial score (nSPS) is 22.1. The Hall–Kier alpha value is -0.760. The standard InChI is InChI=1S/C17H27N3O2.HI/c1-2-6-14(5-1)20-17(19-13-16-8-4-12-22-16)18-10-9-15-7-3-11-21-15;/h3,7,11,14,16H,1-2,4-6,8-10,12-13H2,(H2,18,19,20);1H. The van der Waals surface area contributed by atoms with E-state index < -0.39 is 0 Å². The largest absolute Gasteiger partial charge is 0.469 e. The van der Waals surface area contributed by atoms with Crippen molar-refractivity contribution in [3.8, 4) is 0 Å². The van der Waals surface area contributed by atoms with Crippen LogP contribution in [0.5, 0.6) is 0 Å². The molecule has 0 aromatic carbocycles. The second-order valence-electron chi connectivity index (χ2n) is 6.21. The van der Waals surface area contributed by atoms with E-state index in [9.17, 15) is 0 Å². The SMILES string of the molecule is I.c1coc(CCNC(=NCC2CCCO2)NC2CCCC2)c1. The molecule has 1 aromatic rings. The predicted molar refractivity (Wildman–Crippen MR) is 102 cm³/mol. The van der Waals surface area contributed by atoms with Gasteiger partial charge in [0.25, 0.3) is 0 Å². The molecule has 0 amide bonds. The summed E-state index contributed by atoms with van der Waals surface area (Å²) in [6, 6.07) is 4.51. The Bertz CT molecular complexity index is 452. The van der Waals surface area contributed by atoms with Crippen LogP contribution >= 0.6 is 24.0 Å². The number of nitrogens with zero attached hydrogens (tertiary/aromatic N) is 1. The summed E-state index contributed by atoms with van der Waals surface area (Å²) in [6.45, 7) is 2.47. The van der Waals surface area contributed by atoms with Crippen LogP contribution in [-0.4, -0.2) is 37.8 Å². The fraction of sp³-hybridized carbons (Fsp3) is 0.706. The Kier molecular flexibility index (Phi) is 8.22. The first-order valence-electron chi connectivity index (χ1n) is 8.59. The summed E-state index contributed by atoms with van der Waals surface area (Å²) < 4.78 is 11.0. The highest BCUT2D eigenvalue weighted by molar-refractivity contribution is 14.0. The molecule has 130 valence electrons. The molecule has 0 radical (unpaired) electrons. The molecule has 5 nitrogen and oxygen atoms in total. The molecule has 2 heterocycles. The molecule has 1 unspecified atom stereocenters. The van der Waals surface area contributed by atoms with Crippen LogP contribution in [0.15, 0.2) is 27.8 Å². The van der Waals surface area contributed by atoms with Gasteiger partial charge in [-0.2, -0.15) is 0 Å². The van der Waals surface area contributed by atoms with Crippen LogP contribution in [0, 0.1) is 0 Å². The zero-order chi connectivity index (χ0) is 15.0. The summed E-state index contributed by atoms with van der Waals surface area (Å²) in [4.78, 5) is 4.73. The molecular formula is C17H28IN3O2. The lowest BCUT2D eigenvalue weighted by Crippen LogP contribution is -2.43. The van der Waals surface area contributed by atoms with Gasteiger partial charge in [0.2, 0.25) is 0 Å². The van der Waals surface area contributed by atoms with Crippen LogP contribution in [0.2, 0.25) is 0 Å². The van der Waals surface area contributed by atoms with E-state index in [1.807, 2.05) is 12.1 Å². The monoisotopic (exact) mass is 433 g/mol. The first kappa shape index (κ1) is 18.6. The average molecular weight is 433 g/mol. The lowest BCUT2D eigenvalue weighted by Gasteiger charge is -2.18. The molecule has 0 bridgehead atoms. The van der Waals surface area contributed by atoms with Gasteiger partial charge in [0.15, 0.2) is 5.96 Å². The van der Waals surface area contributed by atoms with Crippen LogP contribution in [0.25, 0.3) is 0 Å². The van der Waals surface area contributed by atoms with E-state index in [-0.39, 0.29) is 24.0 Å². The smallest absolute Gasteiger partial charge is 0.191 e. The Morgan fingerprint density at radius 3 is 2.78 bits per heavy atom. The van der Waals surface area contributed by atoms with E-state index in [1.54, 1.807) is 6.26 Å². The summed E-state index contributed by atoms with van der Waals surface area (Å²) in [5, 5.41) is 7.00. The number of hydrogen-bond acceptors (Lipinski definition) is 3. The maximum absolute atomic E-state index is 5.66. The number of furan rings is 1. The zero-order valence-electron chi connectivity index (χ0n) is 13.6. The van der Waals surface area contributed by atoms with Gasteiger partial charge >= 0.3 is 0 Å². The molecule has 6 heteroatoms. The third kappa shape index (κ3) is 6.33. The molecule has 23 heavy (non-hydrogen) atoms. The van der Waals surface area contributed by atoms with Gasteiger partial charge in [0.1, 0.15) is 5.76 Å². The van der Waals surface area contributed by atoms with E-state index in [1.165, 1.54) is 25.7 Å². The highest BCUT2D eigenvalue weighted by Crippen LogP contribution is 2.17. The van der Waals surface area contributed by atoms with Gasteiger partial charge in [-0.3, -0.25) is 4.99 Å². The van der Waals surface area contributed by atoms with Crippen molar-refractivity contribution >= 4 is 29.9 Å². The molecule has 2 N–H and O–H groups in total. The predicted octanol–water partition coefficient (Wildman–Crippen LogP) is 3.10. The average Bonchev–Trinajstić information content (AvgIpc) is 3.28. The fourth-order valence-electron chi connectivity index (χ4n) is 3.16. The van der Waals surface area contributed by atoms with Gasteiger partial charge in [-0.05, 0) is 37.8 Å². The summed E-state index contributed by atoms with van der Waals surface area (Å²) in [5.74, 6) is 1.93. The van der Waals surface area contributed by atoms with E-state index in [4.69, 9.17) is 14.1 Å². The van der Waals surface area contributed by atoms with Crippen LogP contribution < -0.4 is 10.6 Å². The third-order valence-corrected chi connectivity index (χ3v) is 4.42. The Labute approximate surface area is 155 Å². The van der Waals surface area contributed by atoms with Crippen LogP contribution in [-0.2, 0) is 11.2 Å². The number of rotatable bonds is 6. The van der Waals surface area contributed by atoms with Crippen molar-refractivity contribution in [1.29, 1.82) is 0 Å². The maximum Gasteiger partial charge on any atom is 0.191 e. The van der Waals surface area contributed by atoms with Crippen molar-refractivity contribution in [2.45, 2.75) is 57.1 Å². The summed E-state index contributed by atoms with van der Waals surface area (Å²) in [7, 11) is 0. The summed E-state index contributed by atoms with van der Waals surface area (Å²) >= 11 is 0. The minimum absolute atomic E-state index is 0. The van der Waals surface area contributed by atoms with Gasteiger partial charge in [-0.1, -0.05) is 12.8 Å². The number of aliphatic imine (C=N–C) groups is 1. The molecule has 3 rings (SSSR count). The minimum atomic E-state index is 0. The number of guanidine groups is 1. The van der Waals surface area contributed by atoms with Crippen molar-refractivity contribution in [2.75, 3.05) is 19.7 Å². The molecule has 2 aliphatic rings. The molecule has 0 spiro atoms. The molecule has 1 aliphatic carbocycles. The lowest BCUT2D eigenvalue weighted by atomic mass is 10.2. The third-order valence-electron chi connectivity index (χ3n) is 4.42. The van der Waals surface area contributed by atoms with Gasteiger partial charge < -0.3 is 19.8 Å². The number of nitrogens with one attached hydrogen (secondary N) is 2. The van der Waals surface area contributed by atoms with Gasteiger partial charge in [-0.15, -0.1) is 24.0 Å². The quantitative estimate of drug-likeness (QED) is 0.411.